The Kier molecular flexibility index (Phi) is 6.27. The third-order valence-corrected chi connectivity index (χ3v) is 8.37. The Labute approximate surface area is 181 Å². The fourth-order valence-corrected chi connectivity index (χ4v) is 6.17. The predicted molar refractivity (Wildman–Crippen MR) is 108 cm³/mol. The van der Waals surface area contributed by atoms with Crippen molar-refractivity contribution in [3.8, 4) is 6.07 Å². The number of carbonyl (C=O) groups excluding carboxylic acids is 1. The maximum atomic E-state index is 14.1. The largest absolute Gasteiger partial charge is 0.329 e. The number of nitrogens with one attached hydrogen (secondary N) is 1. The van der Waals surface area contributed by atoms with Gasteiger partial charge in [0.15, 0.2) is 12.2 Å². The summed E-state index contributed by atoms with van der Waals surface area (Å²) in [6.45, 7) is 6.24. The molecule has 12 heteroatoms. The monoisotopic (exact) mass is 457 g/mol. The molecule has 5 atom stereocenters. The van der Waals surface area contributed by atoms with E-state index in [1.165, 1.54) is 6.33 Å². The summed E-state index contributed by atoms with van der Waals surface area (Å²) in [5, 5.41) is 16.9. The topological polar surface area (TPSA) is 138 Å². The molecular formula is C19H30FN6O4S+. The number of carbonyl (C=O) groups is 1. The van der Waals surface area contributed by atoms with Crippen LogP contribution in [0.2, 0.25) is 0 Å². The molecule has 1 aromatic rings. The predicted octanol–water partition coefficient (Wildman–Crippen LogP) is 0.885. The van der Waals surface area contributed by atoms with E-state index in [4.69, 9.17) is 0 Å². The molecule has 2 heterocycles. The minimum absolute atomic E-state index is 0.226. The number of amides is 1. The average Bonchev–Trinajstić information content (AvgIpc) is 3.33. The van der Waals surface area contributed by atoms with Crippen LogP contribution in [0.4, 0.5) is 4.39 Å². The van der Waals surface area contributed by atoms with Crippen LogP contribution >= 0.6 is 0 Å². The van der Waals surface area contributed by atoms with Gasteiger partial charge < -0.3 is 0 Å². The van der Waals surface area contributed by atoms with Crippen LogP contribution in [0.15, 0.2) is 12.7 Å². The maximum absolute atomic E-state index is 14.1. The van der Waals surface area contributed by atoms with Gasteiger partial charge in [-0.1, -0.05) is 13.8 Å². The van der Waals surface area contributed by atoms with Crippen LogP contribution in [-0.4, -0.2) is 74.8 Å². The van der Waals surface area contributed by atoms with Crippen molar-refractivity contribution < 1.29 is 26.6 Å². The fraction of sp³-hybridized carbons (Fsp3) is 0.789. The lowest BCUT2D eigenvalue weighted by Crippen LogP contribution is -2.63. The quantitative estimate of drug-likeness (QED) is 0.455. The van der Waals surface area contributed by atoms with E-state index in [9.17, 15) is 27.4 Å². The second kappa shape index (κ2) is 8.20. The molecule has 1 amide bonds. The Morgan fingerprint density at radius 2 is 2.16 bits per heavy atom. The van der Waals surface area contributed by atoms with E-state index in [1.54, 1.807) is 11.0 Å². The molecule has 2 fully saturated rings. The van der Waals surface area contributed by atoms with E-state index in [2.05, 4.69) is 29.2 Å². The van der Waals surface area contributed by atoms with E-state index >= 15 is 0 Å². The van der Waals surface area contributed by atoms with E-state index in [1.807, 2.05) is 13.0 Å². The molecule has 172 valence electrons. The summed E-state index contributed by atoms with van der Waals surface area (Å²) >= 11 is 0. The first-order valence-corrected chi connectivity index (χ1v) is 11.9. The molecule has 2 aliphatic rings. The fourth-order valence-electron chi connectivity index (χ4n) is 5.16. The van der Waals surface area contributed by atoms with Gasteiger partial charge in [-0.2, -0.15) is 18.8 Å². The van der Waals surface area contributed by atoms with Crippen LogP contribution in [-0.2, 0) is 21.5 Å². The van der Waals surface area contributed by atoms with Crippen molar-refractivity contribution in [3.05, 3.63) is 12.7 Å². The molecule has 1 unspecified atom stereocenters. The average molecular weight is 458 g/mol. The van der Waals surface area contributed by atoms with E-state index in [-0.39, 0.29) is 24.3 Å². The van der Waals surface area contributed by atoms with Gasteiger partial charge >= 0.3 is 16.0 Å². The van der Waals surface area contributed by atoms with Crippen molar-refractivity contribution in [1.29, 1.82) is 5.26 Å². The number of hydrogen-bond donors (Lipinski definition) is 2. The highest BCUT2D eigenvalue weighted by molar-refractivity contribution is 7.85. The van der Waals surface area contributed by atoms with Crippen molar-refractivity contribution in [1.82, 2.24) is 20.1 Å². The number of nitrogens with zero attached hydrogens (tertiary/aromatic N) is 5. The first-order valence-electron chi connectivity index (χ1n) is 10.3. The number of hydrogen-bond acceptors (Lipinski definition) is 7. The number of nitriles is 1. The zero-order valence-electron chi connectivity index (χ0n) is 18.0. The zero-order chi connectivity index (χ0) is 23.1. The van der Waals surface area contributed by atoms with Crippen LogP contribution in [0, 0.1) is 22.7 Å². The number of alkyl halides is 1. The molecule has 1 aromatic heterocycles. The summed E-state index contributed by atoms with van der Waals surface area (Å²) in [6, 6.07) is 0.710. The second-order valence-electron chi connectivity index (χ2n) is 9.56. The van der Waals surface area contributed by atoms with Crippen molar-refractivity contribution in [2.75, 3.05) is 19.0 Å². The summed E-state index contributed by atoms with van der Waals surface area (Å²) in [7, 11) is -4.60. The summed E-state index contributed by atoms with van der Waals surface area (Å²) in [4.78, 5) is 17.2. The number of halogens is 1. The molecule has 1 aliphatic heterocycles. The third kappa shape index (κ3) is 4.50. The Morgan fingerprint density at radius 1 is 1.45 bits per heavy atom. The van der Waals surface area contributed by atoms with E-state index in [0.717, 1.165) is 12.8 Å². The molecule has 0 radical (unpaired) electrons. The number of likely N-dealkylation sites (tertiary alicyclic amines) is 1. The van der Waals surface area contributed by atoms with Crippen LogP contribution in [0.25, 0.3) is 0 Å². The highest BCUT2D eigenvalue weighted by atomic mass is 32.2. The van der Waals surface area contributed by atoms with Gasteiger partial charge in [-0.05, 0) is 31.1 Å². The van der Waals surface area contributed by atoms with Gasteiger partial charge in [-0.15, -0.1) is 0 Å². The van der Waals surface area contributed by atoms with Crippen molar-refractivity contribution in [2.45, 2.75) is 64.3 Å². The Morgan fingerprint density at radius 3 is 2.74 bits per heavy atom. The molecular weight excluding hydrogens is 427 g/mol. The second-order valence-corrected chi connectivity index (χ2v) is 11.0. The third-order valence-electron chi connectivity index (χ3n) is 7.58. The van der Waals surface area contributed by atoms with Crippen molar-refractivity contribution >= 4 is 16.0 Å². The molecule has 0 bridgehead atoms. The van der Waals surface area contributed by atoms with Crippen molar-refractivity contribution in [3.63, 3.8) is 0 Å². The standard InChI is InChI=1S/C19H29FN6O4S/c1-18(2)14(9-25-12-22-11-24-25)4-5-19(18,3)23-8-17(27)26(13-31(28,29)30)10-15(20)6-16(26)7-21/h11-12,14-16,23H,4-6,8-10,13H2,1-3H3/p+1/t14-,15+,16-,19-,26?/m0/s1. The van der Waals surface area contributed by atoms with Gasteiger partial charge in [-0.25, -0.2) is 18.7 Å². The summed E-state index contributed by atoms with van der Waals surface area (Å²) in [5.74, 6) is -1.35. The van der Waals surface area contributed by atoms with E-state index < -0.39 is 50.7 Å². The van der Waals surface area contributed by atoms with Gasteiger partial charge in [0.25, 0.3) is 0 Å². The summed E-state index contributed by atoms with van der Waals surface area (Å²) in [5.41, 5.74) is -0.692. The Hall–Kier alpha value is -1.94. The number of rotatable bonds is 7. The Bertz CT molecular complexity index is 963. The zero-order valence-corrected chi connectivity index (χ0v) is 18.8. The lowest BCUT2D eigenvalue weighted by atomic mass is 9.71. The van der Waals surface area contributed by atoms with Gasteiger partial charge in [0.05, 0.1) is 6.42 Å². The number of aromatic nitrogens is 3. The summed E-state index contributed by atoms with van der Waals surface area (Å²) in [6.07, 6.45) is 3.09. The molecule has 10 nitrogen and oxygen atoms in total. The molecule has 1 aliphatic carbocycles. The Balaban J connectivity index is 1.76. The van der Waals surface area contributed by atoms with Crippen molar-refractivity contribution in [2.24, 2.45) is 11.3 Å². The first kappa shape index (κ1) is 23.7. The first-order chi connectivity index (χ1) is 14.3. The van der Waals surface area contributed by atoms with Crippen LogP contribution < -0.4 is 5.32 Å². The minimum atomic E-state index is -4.60. The van der Waals surface area contributed by atoms with Crippen LogP contribution in [0.3, 0.4) is 0 Å². The highest BCUT2D eigenvalue weighted by Gasteiger charge is 2.56. The molecule has 3 rings (SSSR count). The smallest absolute Gasteiger partial charge is 0.299 e. The molecule has 0 aromatic carbocycles. The lowest BCUT2D eigenvalue weighted by molar-refractivity contribution is -0.847. The maximum Gasteiger partial charge on any atom is 0.329 e. The lowest BCUT2D eigenvalue weighted by Gasteiger charge is -2.43. The van der Waals surface area contributed by atoms with Gasteiger partial charge in [0, 0.05) is 12.1 Å². The van der Waals surface area contributed by atoms with Gasteiger partial charge in [0.2, 0.25) is 5.88 Å². The molecule has 1 saturated heterocycles. The molecule has 1 saturated carbocycles. The van der Waals surface area contributed by atoms with Crippen LogP contribution in [0.1, 0.15) is 40.0 Å². The highest BCUT2D eigenvalue weighted by Crippen LogP contribution is 2.50. The van der Waals surface area contributed by atoms with Gasteiger partial charge in [0.1, 0.15) is 31.8 Å². The normalized spacial score (nSPS) is 35.2. The summed E-state index contributed by atoms with van der Waals surface area (Å²) < 4.78 is 47.6. The van der Waals surface area contributed by atoms with Gasteiger partial charge in [-0.3, -0.25) is 14.6 Å². The van der Waals surface area contributed by atoms with Crippen LogP contribution in [0.5, 0.6) is 0 Å². The molecule has 2 N–H and O–H groups in total. The minimum Gasteiger partial charge on any atom is -0.299 e. The van der Waals surface area contributed by atoms with E-state index in [0.29, 0.717) is 6.54 Å². The SMILES string of the molecule is CC1(C)[C@H](Cn2cncn2)CC[C@]1(C)NCC(=O)[N+]1(CS(=O)(=O)O)C[C@H](F)C[C@H]1C#N. The molecule has 31 heavy (non-hydrogen) atoms. The molecule has 0 spiro atoms. The number of quaternary nitrogens is 1.